The molecule has 160 valence electrons. The van der Waals surface area contributed by atoms with Crippen molar-refractivity contribution in [1.29, 1.82) is 0 Å². The highest BCUT2D eigenvalue weighted by Gasteiger charge is 2.15. The summed E-state index contributed by atoms with van der Waals surface area (Å²) >= 11 is 3.80. The summed E-state index contributed by atoms with van der Waals surface area (Å²) < 4.78 is 3.55. The van der Waals surface area contributed by atoms with Crippen LogP contribution in [0.5, 0.6) is 0 Å². The molecule has 0 unspecified atom stereocenters. The van der Waals surface area contributed by atoms with Crippen molar-refractivity contribution in [3.63, 3.8) is 0 Å². The molecule has 1 nitrogen and oxygen atoms in total. The van der Waals surface area contributed by atoms with Gasteiger partial charge < -0.3 is 4.57 Å². The molecule has 7 rings (SSSR count). The molecular formula is C32H20BrN. The van der Waals surface area contributed by atoms with Crippen LogP contribution in [0.1, 0.15) is 0 Å². The van der Waals surface area contributed by atoms with E-state index >= 15 is 0 Å². The predicted octanol–water partition coefficient (Wildman–Crippen LogP) is 9.52. The van der Waals surface area contributed by atoms with Gasteiger partial charge in [-0.2, -0.15) is 0 Å². The Kier molecular flexibility index (Phi) is 4.36. The van der Waals surface area contributed by atoms with Gasteiger partial charge in [-0.15, -0.1) is 0 Å². The number of hydrogen-bond donors (Lipinski definition) is 0. The van der Waals surface area contributed by atoms with Crippen LogP contribution in [0.15, 0.2) is 126 Å². The first-order valence-electron chi connectivity index (χ1n) is 11.5. The van der Waals surface area contributed by atoms with Crippen LogP contribution in [0.2, 0.25) is 0 Å². The first-order valence-corrected chi connectivity index (χ1v) is 12.3. The third-order valence-corrected chi connectivity index (χ3v) is 7.51. The molecule has 0 atom stereocenters. The molecule has 0 aliphatic carbocycles. The molecule has 0 bridgehead atoms. The van der Waals surface area contributed by atoms with Crippen molar-refractivity contribution in [1.82, 2.24) is 4.57 Å². The van der Waals surface area contributed by atoms with E-state index in [0.29, 0.717) is 0 Å². The molecule has 6 aromatic carbocycles. The van der Waals surface area contributed by atoms with Gasteiger partial charge in [0.25, 0.3) is 0 Å². The Balaban J connectivity index is 1.60. The van der Waals surface area contributed by atoms with Gasteiger partial charge in [0, 0.05) is 26.0 Å². The largest absolute Gasteiger partial charge is 0.309 e. The summed E-state index contributed by atoms with van der Waals surface area (Å²) in [7, 11) is 0. The van der Waals surface area contributed by atoms with E-state index in [1.165, 1.54) is 60.2 Å². The third-order valence-electron chi connectivity index (χ3n) is 6.85. The van der Waals surface area contributed by atoms with Crippen LogP contribution in [-0.4, -0.2) is 4.57 Å². The number of nitrogens with zero attached hydrogens (tertiary/aromatic N) is 1. The summed E-state index contributed by atoms with van der Waals surface area (Å²) in [6.07, 6.45) is 0. The third kappa shape index (κ3) is 2.85. The molecule has 1 heterocycles. The lowest BCUT2D eigenvalue weighted by molar-refractivity contribution is 1.20. The molecule has 7 aromatic rings. The Hall–Kier alpha value is -3.88. The molecule has 0 saturated carbocycles. The predicted molar refractivity (Wildman–Crippen MR) is 149 cm³/mol. The lowest BCUT2D eigenvalue weighted by atomic mass is 9.97. The van der Waals surface area contributed by atoms with Crippen molar-refractivity contribution in [3.05, 3.63) is 126 Å². The second-order valence-corrected chi connectivity index (χ2v) is 9.58. The van der Waals surface area contributed by atoms with Gasteiger partial charge in [0.15, 0.2) is 0 Å². The summed E-state index contributed by atoms with van der Waals surface area (Å²) in [5, 5.41) is 7.53. The van der Waals surface area contributed by atoms with Gasteiger partial charge in [-0.25, -0.2) is 0 Å². The minimum Gasteiger partial charge on any atom is -0.309 e. The van der Waals surface area contributed by atoms with Crippen molar-refractivity contribution in [2.45, 2.75) is 0 Å². The van der Waals surface area contributed by atoms with Crippen LogP contribution in [0.25, 0.3) is 60.2 Å². The Labute approximate surface area is 206 Å². The molecule has 34 heavy (non-hydrogen) atoms. The number of para-hydroxylation sites is 1. The zero-order chi connectivity index (χ0) is 22.6. The second kappa shape index (κ2) is 7.58. The summed E-state index contributed by atoms with van der Waals surface area (Å²) in [6.45, 7) is 0. The summed E-state index contributed by atoms with van der Waals surface area (Å²) in [5.41, 5.74) is 6.11. The molecular weight excluding hydrogens is 478 g/mol. The molecule has 0 amide bonds. The molecule has 0 saturated heterocycles. The van der Waals surface area contributed by atoms with Crippen LogP contribution in [0.3, 0.4) is 0 Å². The van der Waals surface area contributed by atoms with E-state index in [4.69, 9.17) is 0 Å². The maximum absolute atomic E-state index is 3.80. The number of halogens is 1. The van der Waals surface area contributed by atoms with Gasteiger partial charge in [0.05, 0.1) is 16.7 Å². The van der Waals surface area contributed by atoms with Gasteiger partial charge in [0.2, 0.25) is 0 Å². The molecule has 0 N–H and O–H groups in total. The Morgan fingerprint density at radius 1 is 0.500 bits per heavy atom. The molecule has 0 fully saturated rings. The Bertz CT molecular complexity index is 1870. The fourth-order valence-corrected chi connectivity index (χ4v) is 5.93. The van der Waals surface area contributed by atoms with Crippen LogP contribution in [-0.2, 0) is 0 Å². The standard InChI is InChI=1S/C32H20BrN/c33-28-15-6-11-22-10-5-14-25(32(22)28)23-18-19-27-26-13-3-4-16-30(26)34(31(27)20-23)29-17-7-9-21-8-1-2-12-24(21)29/h1-20H. The van der Waals surface area contributed by atoms with E-state index in [1.807, 2.05) is 0 Å². The lowest BCUT2D eigenvalue weighted by Crippen LogP contribution is -1.95. The number of fused-ring (bicyclic) bond motifs is 5. The Morgan fingerprint density at radius 3 is 2.09 bits per heavy atom. The fraction of sp³-hybridized carbons (Fsp3) is 0. The van der Waals surface area contributed by atoms with E-state index in [0.717, 1.165) is 4.47 Å². The summed E-state index contributed by atoms with van der Waals surface area (Å²) in [5.74, 6) is 0. The number of benzene rings is 6. The highest BCUT2D eigenvalue weighted by Crippen LogP contribution is 2.39. The molecule has 0 spiro atoms. The maximum Gasteiger partial charge on any atom is 0.0547 e. The number of aromatic nitrogens is 1. The van der Waals surface area contributed by atoms with E-state index in [-0.39, 0.29) is 0 Å². The van der Waals surface area contributed by atoms with Crippen LogP contribution in [0, 0.1) is 0 Å². The maximum atomic E-state index is 3.80. The van der Waals surface area contributed by atoms with Gasteiger partial charge in [-0.05, 0) is 46.2 Å². The fourth-order valence-electron chi connectivity index (χ4n) is 5.34. The van der Waals surface area contributed by atoms with Crippen LogP contribution in [0.4, 0.5) is 0 Å². The smallest absolute Gasteiger partial charge is 0.0547 e. The van der Waals surface area contributed by atoms with E-state index < -0.39 is 0 Å². The van der Waals surface area contributed by atoms with Crippen LogP contribution >= 0.6 is 15.9 Å². The topological polar surface area (TPSA) is 4.93 Å². The van der Waals surface area contributed by atoms with Gasteiger partial charge >= 0.3 is 0 Å². The molecule has 0 radical (unpaired) electrons. The quantitative estimate of drug-likeness (QED) is 0.224. The highest BCUT2D eigenvalue weighted by molar-refractivity contribution is 9.10. The second-order valence-electron chi connectivity index (χ2n) is 8.73. The van der Waals surface area contributed by atoms with Crippen molar-refractivity contribution in [2.75, 3.05) is 0 Å². The van der Waals surface area contributed by atoms with Gasteiger partial charge in [0.1, 0.15) is 0 Å². The minimum atomic E-state index is 1.12. The molecule has 0 aliphatic rings. The van der Waals surface area contributed by atoms with Gasteiger partial charge in [-0.1, -0.05) is 113 Å². The van der Waals surface area contributed by atoms with Crippen molar-refractivity contribution in [3.8, 4) is 16.8 Å². The average Bonchev–Trinajstić information content (AvgIpc) is 3.22. The average molecular weight is 498 g/mol. The lowest BCUT2D eigenvalue weighted by Gasteiger charge is -2.13. The SMILES string of the molecule is Brc1cccc2cccc(-c3ccc4c5ccccc5n(-c5cccc6ccccc56)c4c3)c12. The molecule has 2 heteroatoms. The van der Waals surface area contributed by atoms with Crippen LogP contribution < -0.4 is 0 Å². The summed E-state index contributed by atoms with van der Waals surface area (Å²) in [4.78, 5) is 0. The first-order chi connectivity index (χ1) is 16.8. The monoisotopic (exact) mass is 497 g/mol. The normalized spacial score (nSPS) is 11.7. The zero-order valence-corrected chi connectivity index (χ0v) is 20.0. The van der Waals surface area contributed by atoms with Crippen molar-refractivity contribution < 1.29 is 0 Å². The summed E-state index contributed by atoms with van der Waals surface area (Å²) in [6, 6.07) is 43.8. The van der Waals surface area contributed by atoms with Gasteiger partial charge in [-0.3, -0.25) is 0 Å². The van der Waals surface area contributed by atoms with E-state index in [2.05, 4.69) is 142 Å². The molecule has 1 aromatic heterocycles. The number of rotatable bonds is 2. The van der Waals surface area contributed by atoms with Crippen molar-refractivity contribution in [2.24, 2.45) is 0 Å². The highest BCUT2D eigenvalue weighted by atomic mass is 79.9. The first kappa shape index (κ1) is 19.6. The molecule has 0 aliphatic heterocycles. The number of hydrogen-bond acceptors (Lipinski definition) is 0. The van der Waals surface area contributed by atoms with E-state index in [1.54, 1.807) is 0 Å². The van der Waals surface area contributed by atoms with E-state index in [9.17, 15) is 0 Å². The Morgan fingerprint density at radius 2 is 1.18 bits per heavy atom. The zero-order valence-electron chi connectivity index (χ0n) is 18.4. The van der Waals surface area contributed by atoms with Crippen molar-refractivity contribution >= 4 is 59.3 Å². The minimum absolute atomic E-state index is 1.12.